The zero-order valence-corrected chi connectivity index (χ0v) is 16.1. The largest absolute Gasteiger partial charge is 0.497 e. The summed E-state index contributed by atoms with van der Waals surface area (Å²) in [6.45, 7) is 4.40. The monoisotopic (exact) mass is 394 g/mol. The van der Waals surface area contributed by atoms with Crippen molar-refractivity contribution in [1.29, 1.82) is 0 Å². The second-order valence-electron chi connectivity index (χ2n) is 5.84. The van der Waals surface area contributed by atoms with Crippen molar-refractivity contribution in [3.8, 4) is 28.8 Å². The van der Waals surface area contributed by atoms with E-state index in [0.717, 1.165) is 22.2 Å². The first kappa shape index (κ1) is 18.1. The van der Waals surface area contributed by atoms with Crippen molar-refractivity contribution in [2.24, 2.45) is 0 Å². The lowest BCUT2D eigenvalue weighted by Crippen LogP contribution is -2.00. The van der Waals surface area contributed by atoms with Crippen molar-refractivity contribution in [1.82, 2.24) is 19.7 Å². The summed E-state index contributed by atoms with van der Waals surface area (Å²) < 4.78 is 18.2. The number of aromatic nitrogens is 4. The normalized spacial score (nSPS) is 10.9. The van der Waals surface area contributed by atoms with Gasteiger partial charge in [0.1, 0.15) is 12.0 Å². The number of furan rings is 1. The SMILES string of the molecule is C=CCn1c(SCc2coc(-c3ccc(OC)cc3)n2)nnc1-c1ccco1. The number of ether oxygens (including phenoxy) is 1. The van der Waals surface area contributed by atoms with Gasteiger partial charge in [0, 0.05) is 17.9 Å². The summed E-state index contributed by atoms with van der Waals surface area (Å²) in [6.07, 6.45) is 5.08. The molecule has 1 aromatic carbocycles. The average molecular weight is 394 g/mol. The molecule has 0 spiro atoms. The van der Waals surface area contributed by atoms with Crippen LogP contribution in [0.4, 0.5) is 0 Å². The highest BCUT2D eigenvalue weighted by molar-refractivity contribution is 7.98. The molecule has 0 radical (unpaired) electrons. The number of rotatable bonds is 8. The topological polar surface area (TPSA) is 79.1 Å². The Labute approximate surface area is 166 Å². The Balaban J connectivity index is 1.49. The van der Waals surface area contributed by atoms with Gasteiger partial charge in [0.15, 0.2) is 10.9 Å². The molecule has 0 N–H and O–H groups in total. The fraction of sp³-hybridized carbons (Fsp3) is 0.150. The molecule has 0 aliphatic rings. The van der Waals surface area contributed by atoms with E-state index in [-0.39, 0.29) is 0 Å². The molecule has 3 aromatic heterocycles. The number of thioether (sulfide) groups is 1. The van der Waals surface area contributed by atoms with Gasteiger partial charge < -0.3 is 13.6 Å². The van der Waals surface area contributed by atoms with E-state index in [0.29, 0.717) is 29.8 Å². The maximum Gasteiger partial charge on any atom is 0.226 e. The quantitative estimate of drug-likeness (QED) is 0.317. The van der Waals surface area contributed by atoms with Gasteiger partial charge in [0.25, 0.3) is 0 Å². The minimum atomic E-state index is 0.571. The molecule has 0 fully saturated rings. The first-order valence-corrected chi connectivity index (χ1v) is 9.56. The lowest BCUT2D eigenvalue weighted by molar-refractivity contribution is 0.415. The maximum absolute atomic E-state index is 5.62. The molecular formula is C20H18N4O3S. The Hall–Kier alpha value is -3.26. The number of allylic oxidation sites excluding steroid dienone is 1. The van der Waals surface area contributed by atoms with Crippen LogP contribution in [0.2, 0.25) is 0 Å². The fourth-order valence-electron chi connectivity index (χ4n) is 2.66. The number of nitrogens with zero attached hydrogens (tertiary/aromatic N) is 4. The maximum atomic E-state index is 5.62. The lowest BCUT2D eigenvalue weighted by atomic mass is 10.2. The van der Waals surface area contributed by atoms with E-state index in [1.165, 1.54) is 11.8 Å². The van der Waals surface area contributed by atoms with Crippen molar-refractivity contribution >= 4 is 11.8 Å². The zero-order valence-electron chi connectivity index (χ0n) is 15.2. The van der Waals surface area contributed by atoms with Crippen LogP contribution in [0.5, 0.6) is 5.75 Å². The molecule has 0 amide bonds. The highest BCUT2D eigenvalue weighted by Crippen LogP contribution is 2.28. The van der Waals surface area contributed by atoms with Crippen LogP contribution in [0.15, 0.2) is 75.6 Å². The van der Waals surface area contributed by atoms with Gasteiger partial charge >= 0.3 is 0 Å². The van der Waals surface area contributed by atoms with Crippen molar-refractivity contribution in [2.45, 2.75) is 17.5 Å². The second-order valence-corrected chi connectivity index (χ2v) is 6.79. The van der Waals surface area contributed by atoms with Gasteiger partial charge in [-0.1, -0.05) is 17.8 Å². The summed E-state index contributed by atoms with van der Waals surface area (Å²) >= 11 is 1.53. The van der Waals surface area contributed by atoms with Gasteiger partial charge in [0.05, 0.1) is 19.1 Å². The first-order valence-electron chi connectivity index (χ1n) is 8.58. The highest BCUT2D eigenvalue weighted by Gasteiger charge is 2.16. The number of benzene rings is 1. The smallest absolute Gasteiger partial charge is 0.226 e. The molecule has 4 aromatic rings. The van der Waals surface area contributed by atoms with Gasteiger partial charge in [-0.15, -0.1) is 16.8 Å². The molecule has 0 unspecified atom stereocenters. The van der Waals surface area contributed by atoms with Crippen molar-refractivity contribution < 1.29 is 13.6 Å². The van der Waals surface area contributed by atoms with Gasteiger partial charge in [-0.25, -0.2) is 4.98 Å². The van der Waals surface area contributed by atoms with E-state index in [1.807, 2.05) is 41.0 Å². The van der Waals surface area contributed by atoms with Gasteiger partial charge in [-0.2, -0.15) is 0 Å². The minimum Gasteiger partial charge on any atom is -0.497 e. The van der Waals surface area contributed by atoms with E-state index < -0.39 is 0 Å². The third-order valence-electron chi connectivity index (χ3n) is 4.01. The third kappa shape index (κ3) is 3.72. The van der Waals surface area contributed by atoms with E-state index in [2.05, 4.69) is 21.8 Å². The Morgan fingerprint density at radius 1 is 1.18 bits per heavy atom. The van der Waals surface area contributed by atoms with Crippen LogP contribution in [0.1, 0.15) is 5.69 Å². The van der Waals surface area contributed by atoms with Crippen LogP contribution >= 0.6 is 11.8 Å². The number of methoxy groups -OCH3 is 1. The molecule has 3 heterocycles. The molecular weight excluding hydrogens is 376 g/mol. The molecule has 0 aliphatic heterocycles. The standard InChI is InChI=1S/C20H18N4O3S/c1-3-10-24-18(17-5-4-11-26-17)22-23-20(24)28-13-15-12-27-19(21-15)14-6-8-16(25-2)9-7-14/h3-9,11-12H,1,10,13H2,2H3. The summed E-state index contributed by atoms with van der Waals surface area (Å²) in [5.74, 6) is 3.31. The van der Waals surface area contributed by atoms with E-state index >= 15 is 0 Å². The summed E-state index contributed by atoms with van der Waals surface area (Å²) in [4.78, 5) is 4.56. The van der Waals surface area contributed by atoms with Crippen LogP contribution in [0.3, 0.4) is 0 Å². The molecule has 28 heavy (non-hydrogen) atoms. The predicted octanol–water partition coefficient (Wildman–Crippen LogP) is 4.68. The average Bonchev–Trinajstić information content (AvgIpc) is 3.48. The van der Waals surface area contributed by atoms with Crippen LogP contribution < -0.4 is 4.74 Å². The van der Waals surface area contributed by atoms with Crippen LogP contribution in [0, 0.1) is 0 Å². The van der Waals surface area contributed by atoms with Crippen LogP contribution in [-0.4, -0.2) is 26.9 Å². The number of oxazole rings is 1. The van der Waals surface area contributed by atoms with Crippen molar-refractivity contribution in [3.63, 3.8) is 0 Å². The summed E-state index contributed by atoms with van der Waals surface area (Å²) in [5.41, 5.74) is 1.72. The molecule has 7 nitrogen and oxygen atoms in total. The highest BCUT2D eigenvalue weighted by atomic mass is 32.2. The van der Waals surface area contributed by atoms with Crippen molar-refractivity contribution in [3.05, 3.63) is 67.3 Å². The molecule has 0 saturated heterocycles. The summed E-state index contributed by atoms with van der Waals surface area (Å²) in [7, 11) is 1.64. The molecule has 0 saturated carbocycles. The van der Waals surface area contributed by atoms with Gasteiger partial charge in [-0.3, -0.25) is 4.57 Å². The van der Waals surface area contributed by atoms with E-state index in [9.17, 15) is 0 Å². The zero-order chi connectivity index (χ0) is 19.3. The van der Waals surface area contributed by atoms with Crippen LogP contribution in [-0.2, 0) is 12.3 Å². The first-order chi connectivity index (χ1) is 13.8. The van der Waals surface area contributed by atoms with Crippen LogP contribution in [0.25, 0.3) is 23.0 Å². The second kappa shape index (κ2) is 8.18. The van der Waals surface area contributed by atoms with E-state index in [1.54, 1.807) is 25.7 Å². The fourth-order valence-corrected chi connectivity index (χ4v) is 3.48. The Bertz CT molecular complexity index is 1050. The number of hydrogen-bond donors (Lipinski definition) is 0. The molecule has 4 rings (SSSR count). The Morgan fingerprint density at radius 3 is 2.75 bits per heavy atom. The third-order valence-corrected chi connectivity index (χ3v) is 5.01. The van der Waals surface area contributed by atoms with E-state index in [4.69, 9.17) is 13.6 Å². The molecule has 0 bridgehead atoms. The Kier molecular flexibility index (Phi) is 5.29. The summed E-state index contributed by atoms with van der Waals surface area (Å²) in [6, 6.07) is 11.3. The summed E-state index contributed by atoms with van der Waals surface area (Å²) in [5, 5.41) is 9.30. The van der Waals surface area contributed by atoms with Gasteiger partial charge in [-0.05, 0) is 36.4 Å². The minimum absolute atomic E-state index is 0.571. The lowest BCUT2D eigenvalue weighted by Gasteiger charge is -2.05. The molecule has 0 aliphatic carbocycles. The predicted molar refractivity (Wildman–Crippen MR) is 106 cm³/mol. The Morgan fingerprint density at radius 2 is 2.04 bits per heavy atom. The number of hydrogen-bond acceptors (Lipinski definition) is 7. The molecule has 142 valence electrons. The molecule has 8 heteroatoms. The van der Waals surface area contributed by atoms with Gasteiger partial charge in [0.2, 0.25) is 11.7 Å². The molecule has 0 atom stereocenters. The van der Waals surface area contributed by atoms with Crippen molar-refractivity contribution in [2.75, 3.05) is 7.11 Å².